The largest absolute Gasteiger partial charge is 0.497 e. The van der Waals surface area contributed by atoms with E-state index in [1.54, 1.807) is 13.2 Å². The Morgan fingerprint density at radius 1 is 1.40 bits per heavy atom. The summed E-state index contributed by atoms with van der Waals surface area (Å²) in [5.41, 5.74) is 0.719. The maximum Gasteiger partial charge on any atom is 0.164 e. The van der Waals surface area contributed by atoms with Gasteiger partial charge >= 0.3 is 0 Å². The first-order valence-corrected chi connectivity index (χ1v) is 4.95. The van der Waals surface area contributed by atoms with E-state index >= 15 is 0 Å². The molecule has 0 unspecified atom stereocenters. The maximum absolute atomic E-state index is 11.7. The van der Waals surface area contributed by atoms with Crippen molar-refractivity contribution in [2.45, 2.75) is 6.42 Å². The van der Waals surface area contributed by atoms with Gasteiger partial charge < -0.3 is 9.64 Å². The van der Waals surface area contributed by atoms with E-state index in [9.17, 15) is 4.79 Å². The zero-order valence-corrected chi connectivity index (χ0v) is 9.49. The lowest BCUT2D eigenvalue weighted by Gasteiger charge is -2.08. The second-order valence-electron chi connectivity index (χ2n) is 3.71. The smallest absolute Gasteiger partial charge is 0.164 e. The summed E-state index contributed by atoms with van der Waals surface area (Å²) in [5.74, 6) is 0.883. The van der Waals surface area contributed by atoms with Crippen LogP contribution in [0.2, 0.25) is 0 Å². The van der Waals surface area contributed by atoms with Crippen LogP contribution in [0, 0.1) is 0 Å². The Kier molecular flexibility index (Phi) is 4.31. The highest BCUT2D eigenvalue weighted by Gasteiger charge is 2.06. The van der Waals surface area contributed by atoms with E-state index in [-0.39, 0.29) is 5.78 Å². The lowest BCUT2D eigenvalue weighted by molar-refractivity contribution is 0.0972. The first kappa shape index (κ1) is 11.7. The van der Waals surface area contributed by atoms with Crippen LogP contribution in [0.5, 0.6) is 5.75 Å². The number of carbonyl (C=O) groups excluding carboxylic acids is 1. The fourth-order valence-corrected chi connectivity index (χ4v) is 1.27. The van der Waals surface area contributed by atoms with Gasteiger partial charge in [0.25, 0.3) is 0 Å². The minimum absolute atomic E-state index is 0.155. The standard InChI is InChI=1S/C12H17NO2/c1-13(2)8-7-12(14)10-5-4-6-11(9-10)15-3/h4-6,9H,7-8H2,1-3H3. The molecule has 3 nitrogen and oxygen atoms in total. The van der Waals surface area contributed by atoms with Gasteiger partial charge in [-0.3, -0.25) is 4.79 Å². The molecule has 0 bridgehead atoms. The number of hydrogen-bond donors (Lipinski definition) is 0. The Labute approximate surface area is 90.7 Å². The molecule has 0 radical (unpaired) electrons. The Bertz CT molecular complexity index is 334. The maximum atomic E-state index is 11.7. The lowest BCUT2D eigenvalue weighted by Crippen LogP contribution is -2.16. The highest BCUT2D eigenvalue weighted by atomic mass is 16.5. The minimum Gasteiger partial charge on any atom is -0.497 e. The molecule has 3 heteroatoms. The monoisotopic (exact) mass is 207 g/mol. The van der Waals surface area contributed by atoms with Crippen LogP contribution < -0.4 is 4.74 Å². The van der Waals surface area contributed by atoms with Crippen molar-refractivity contribution in [2.75, 3.05) is 27.7 Å². The molecule has 0 atom stereocenters. The van der Waals surface area contributed by atoms with Gasteiger partial charge in [-0.1, -0.05) is 12.1 Å². The molecule has 0 saturated heterocycles. The zero-order chi connectivity index (χ0) is 11.3. The van der Waals surface area contributed by atoms with Crippen molar-refractivity contribution in [3.63, 3.8) is 0 Å². The average molecular weight is 207 g/mol. The van der Waals surface area contributed by atoms with Crippen molar-refractivity contribution >= 4 is 5.78 Å². The van der Waals surface area contributed by atoms with E-state index in [2.05, 4.69) is 0 Å². The van der Waals surface area contributed by atoms with Gasteiger partial charge in [0.05, 0.1) is 7.11 Å². The van der Waals surface area contributed by atoms with Crippen LogP contribution in [0.4, 0.5) is 0 Å². The van der Waals surface area contributed by atoms with Crippen LogP contribution in [0.1, 0.15) is 16.8 Å². The molecule has 82 valence electrons. The Morgan fingerprint density at radius 2 is 2.13 bits per heavy atom. The third-order valence-corrected chi connectivity index (χ3v) is 2.18. The normalized spacial score (nSPS) is 10.4. The second-order valence-corrected chi connectivity index (χ2v) is 3.71. The molecule has 0 heterocycles. The number of hydrogen-bond acceptors (Lipinski definition) is 3. The molecule has 1 aromatic carbocycles. The molecule has 0 aliphatic heterocycles. The van der Waals surface area contributed by atoms with Crippen molar-refractivity contribution in [3.8, 4) is 5.75 Å². The van der Waals surface area contributed by atoms with E-state index in [1.807, 2.05) is 37.2 Å². The van der Waals surface area contributed by atoms with Gasteiger partial charge in [0.15, 0.2) is 5.78 Å². The van der Waals surface area contributed by atoms with Gasteiger partial charge in [-0.05, 0) is 26.2 Å². The summed E-state index contributed by atoms with van der Waals surface area (Å²) in [4.78, 5) is 13.7. The summed E-state index contributed by atoms with van der Waals surface area (Å²) in [5, 5.41) is 0. The Morgan fingerprint density at radius 3 is 2.73 bits per heavy atom. The minimum atomic E-state index is 0.155. The van der Waals surface area contributed by atoms with Gasteiger partial charge in [0, 0.05) is 18.5 Å². The number of rotatable bonds is 5. The molecule has 1 aromatic rings. The molecule has 1 rings (SSSR count). The zero-order valence-electron chi connectivity index (χ0n) is 9.49. The summed E-state index contributed by atoms with van der Waals surface area (Å²) in [7, 11) is 5.52. The van der Waals surface area contributed by atoms with E-state index in [1.165, 1.54) is 0 Å². The van der Waals surface area contributed by atoms with E-state index < -0.39 is 0 Å². The molecular formula is C12H17NO2. The molecular weight excluding hydrogens is 190 g/mol. The van der Waals surface area contributed by atoms with Crippen LogP contribution in [0.3, 0.4) is 0 Å². The third-order valence-electron chi connectivity index (χ3n) is 2.18. The molecule has 0 aliphatic carbocycles. The van der Waals surface area contributed by atoms with Crippen LogP contribution in [0.15, 0.2) is 24.3 Å². The van der Waals surface area contributed by atoms with Gasteiger partial charge in [0.1, 0.15) is 5.75 Å². The van der Waals surface area contributed by atoms with Crippen LogP contribution in [0.25, 0.3) is 0 Å². The predicted octanol–water partition coefficient (Wildman–Crippen LogP) is 1.83. The van der Waals surface area contributed by atoms with Gasteiger partial charge in [0.2, 0.25) is 0 Å². The summed E-state index contributed by atoms with van der Waals surface area (Å²) in [6.07, 6.45) is 0.542. The van der Waals surface area contributed by atoms with Crippen molar-refractivity contribution in [1.29, 1.82) is 0 Å². The fraction of sp³-hybridized carbons (Fsp3) is 0.417. The molecule has 0 spiro atoms. The quantitative estimate of drug-likeness (QED) is 0.690. The highest BCUT2D eigenvalue weighted by molar-refractivity contribution is 5.96. The summed E-state index contributed by atoms with van der Waals surface area (Å²) < 4.78 is 5.07. The van der Waals surface area contributed by atoms with Crippen molar-refractivity contribution in [1.82, 2.24) is 4.90 Å². The van der Waals surface area contributed by atoms with E-state index in [0.29, 0.717) is 6.42 Å². The summed E-state index contributed by atoms with van der Waals surface area (Å²) in [6, 6.07) is 7.27. The van der Waals surface area contributed by atoms with Gasteiger partial charge in [-0.15, -0.1) is 0 Å². The molecule has 0 fully saturated rings. The lowest BCUT2D eigenvalue weighted by atomic mass is 10.1. The molecule has 0 aromatic heterocycles. The highest BCUT2D eigenvalue weighted by Crippen LogP contribution is 2.13. The Balaban J connectivity index is 2.65. The van der Waals surface area contributed by atoms with Gasteiger partial charge in [-0.2, -0.15) is 0 Å². The molecule has 0 N–H and O–H groups in total. The van der Waals surface area contributed by atoms with Crippen LogP contribution in [-0.2, 0) is 0 Å². The van der Waals surface area contributed by atoms with Gasteiger partial charge in [-0.25, -0.2) is 0 Å². The summed E-state index contributed by atoms with van der Waals surface area (Å²) in [6.45, 7) is 0.774. The molecule has 0 saturated carbocycles. The molecule has 0 aliphatic rings. The van der Waals surface area contributed by atoms with Crippen molar-refractivity contribution < 1.29 is 9.53 Å². The number of methoxy groups -OCH3 is 1. The topological polar surface area (TPSA) is 29.5 Å². The summed E-state index contributed by atoms with van der Waals surface area (Å²) >= 11 is 0. The Hall–Kier alpha value is -1.35. The number of ketones is 1. The van der Waals surface area contributed by atoms with Crippen molar-refractivity contribution in [2.24, 2.45) is 0 Å². The average Bonchev–Trinajstić information content (AvgIpc) is 2.26. The van der Waals surface area contributed by atoms with Crippen molar-refractivity contribution in [3.05, 3.63) is 29.8 Å². The second kappa shape index (κ2) is 5.51. The van der Waals surface area contributed by atoms with E-state index in [0.717, 1.165) is 17.9 Å². The molecule has 0 amide bonds. The number of Topliss-reactive ketones (excluding diaryl/α,β-unsaturated/α-hetero) is 1. The number of carbonyl (C=O) groups is 1. The molecule has 15 heavy (non-hydrogen) atoms. The fourth-order valence-electron chi connectivity index (χ4n) is 1.27. The number of benzene rings is 1. The first-order valence-electron chi connectivity index (χ1n) is 4.95. The van der Waals surface area contributed by atoms with Crippen LogP contribution >= 0.6 is 0 Å². The number of ether oxygens (including phenoxy) is 1. The third kappa shape index (κ3) is 3.72. The first-order chi connectivity index (χ1) is 7.13. The van der Waals surface area contributed by atoms with E-state index in [4.69, 9.17) is 4.74 Å². The SMILES string of the molecule is COc1cccc(C(=O)CCN(C)C)c1. The predicted molar refractivity (Wildman–Crippen MR) is 60.5 cm³/mol. The number of nitrogens with zero attached hydrogens (tertiary/aromatic N) is 1. The van der Waals surface area contributed by atoms with Crippen LogP contribution in [-0.4, -0.2) is 38.4 Å².